The maximum Gasteiger partial charge on any atom is 0.238 e. The fourth-order valence-corrected chi connectivity index (χ4v) is 7.47. The molecular formula is C41H23N7. The largest absolute Gasteiger partial charge is 0.291 e. The summed E-state index contributed by atoms with van der Waals surface area (Å²) >= 11 is 0. The van der Waals surface area contributed by atoms with Crippen molar-refractivity contribution in [1.82, 2.24) is 33.9 Å². The lowest BCUT2D eigenvalue weighted by molar-refractivity contribution is 0.953. The van der Waals surface area contributed by atoms with Gasteiger partial charge in [-0.25, -0.2) is 15.0 Å². The number of benzene rings is 6. The number of para-hydroxylation sites is 4. The van der Waals surface area contributed by atoms with Gasteiger partial charge in [-0.05, 0) is 30.3 Å². The summed E-state index contributed by atoms with van der Waals surface area (Å²) in [6, 6.07) is 47.8. The van der Waals surface area contributed by atoms with E-state index in [-0.39, 0.29) is 0 Å². The van der Waals surface area contributed by atoms with Crippen LogP contribution < -0.4 is 0 Å². The molecule has 0 amide bonds. The number of hydrogen-bond donors (Lipinski definition) is 0. The predicted octanol–water partition coefficient (Wildman–Crippen LogP) is 9.40. The molecule has 0 spiro atoms. The van der Waals surface area contributed by atoms with Gasteiger partial charge in [0.15, 0.2) is 17.3 Å². The van der Waals surface area contributed by atoms with Crippen molar-refractivity contribution in [3.05, 3.63) is 140 Å². The quantitative estimate of drug-likeness (QED) is 0.199. The summed E-state index contributed by atoms with van der Waals surface area (Å²) in [6.07, 6.45) is 0. The third kappa shape index (κ3) is 3.39. The van der Waals surface area contributed by atoms with Crippen molar-refractivity contribution < 1.29 is 0 Å². The molecule has 5 aromatic heterocycles. The molecule has 0 aliphatic carbocycles. The molecule has 6 aromatic carbocycles. The highest BCUT2D eigenvalue weighted by Gasteiger charge is 2.24. The lowest BCUT2D eigenvalue weighted by Gasteiger charge is -2.11. The lowest BCUT2D eigenvalue weighted by Crippen LogP contribution is -2.06. The fourth-order valence-electron chi connectivity index (χ4n) is 7.47. The summed E-state index contributed by atoms with van der Waals surface area (Å²) in [5.74, 6) is 1.83. The Balaban J connectivity index is 1.28. The van der Waals surface area contributed by atoms with Gasteiger partial charge >= 0.3 is 0 Å². The van der Waals surface area contributed by atoms with E-state index in [1.165, 1.54) is 10.8 Å². The van der Waals surface area contributed by atoms with Gasteiger partial charge in [0.2, 0.25) is 5.95 Å². The van der Waals surface area contributed by atoms with Crippen LogP contribution in [0.25, 0.3) is 99.9 Å². The molecular weight excluding hydrogens is 591 g/mol. The first-order valence-corrected chi connectivity index (χ1v) is 16.0. The maximum absolute atomic E-state index is 5.16. The van der Waals surface area contributed by atoms with Gasteiger partial charge in [0.1, 0.15) is 5.52 Å². The average Bonchev–Trinajstić information content (AvgIpc) is 3.79. The normalized spacial score (nSPS) is 12.2. The minimum Gasteiger partial charge on any atom is -0.291 e. The first-order valence-electron chi connectivity index (χ1n) is 16.0. The first kappa shape index (κ1) is 25.5. The van der Waals surface area contributed by atoms with Crippen molar-refractivity contribution in [3.8, 4) is 28.7 Å². The molecule has 7 heteroatoms. The summed E-state index contributed by atoms with van der Waals surface area (Å²) in [6.45, 7) is 0. The number of hydrogen-bond acceptors (Lipinski definition) is 5. The maximum atomic E-state index is 5.16. The van der Waals surface area contributed by atoms with Crippen LogP contribution in [-0.2, 0) is 0 Å². The molecule has 48 heavy (non-hydrogen) atoms. The van der Waals surface area contributed by atoms with Gasteiger partial charge < -0.3 is 0 Å². The molecule has 0 unspecified atom stereocenters. The lowest BCUT2D eigenvalue weighted by atomic mass is 10.0. The van der Waals surface area contributed by atoms with E-state index in [2.05, 4.69) is 63.6 Å². The van der Waals surface area contributed by atoms with E-state index in [0.717, 1.165) is 71.5 Å². The van der Waals surface area contributed by atoms with Crippen LogP contribution >= 0.6 is 0 Å². The molecule has 5 heterocycles. The number of aromatic nitrogens is 7. The van der Waals surface area contributed by atoms with Crippen LogP contribution in [0, 0.1) is 0 Å². The topological polar surface area (TPSA) is 73.8 Å². The number of rotatable bonds is 3. The van der Waals surface area contributed by atoms with Crippen LogP contribution in [0.4, 0.5) is 0 Å². The average molecular weight is 614 g/mol. The van der Waals surface area contributed by atoms with Crippen LogP contribution in [-0.4, -0.2) is 33.9 Å². The Kier molecular flexibility index (Phi) is 4.99. The highest BCUT2D eigenvalue weighted by molar-refractivity contribution is 6.32. The van der Waals surface area contributed by atoms with Crippen molar-refractivity contribution in [2.24, 2.45) is 0 Å². The van der Waals surface area contributed by atoms with Gasteiger partial charge in [0.25, 0.3) is 0 Å². The van der Waals surface area contributed by atoms with Gasteiger partial charge in [0, 0.05) is 38.1 Å². The molecule has 0 saturated carbocycles. The van der Waals surface area contributed by atoms with E-state index >= 15 is 0 Å². The number of nitrogens with zero attached hydrogens (tertiary/aromatic N) is 7. The minimum atomic E-state index is 0.576. The van der Waals surface area contributed by atoms with Gasteiger partial charge in [-0.3, -0.25) is 8.97 Å². The molecule has 222 valence electrons. The van der Waals surface area contributed by atoms with E-state index in [9.17, 15) is 0 Å². The molecule has 11 rings (SSSR count). The Morgan fingerprint density at radius 3 is 1.73 bits per heavy atom. The van der Waals surface area contributed by atoms with E-state index in [4.69, 9.17) is 24.9 Å². The third-order valence-corrected chi connectivity index (χ3v) is 9.49. The zero-order chi connectivity index (χ0) is 31.3. The molecule has 0 bridgehead atoms. The van der Waals surface area contributed by atoms with Crippen molar-refractivity contribution >= 4 is 71.2 Å². The Morgan fingerprint density at radius 2 is 0.979 bits per heavy atom. The Labute approximate surface area is 272 Å². The summed E-state index contributed by atoms with van der Waals surface area (Å²) in [4.78, 5) is 25.4. The smallest absolute Gasteiger partial charge is 0.238 e. The van der Waals surface area contributed by atoms with E-state index < -0.39 is 0 Å². The predicted molar refractivity (Wildman–Crippen MR) is 193 cm³/mol. The first-order chi connectivity index (χ1) is 23.8. The van der Waals surface area contributed by atoms with Crippen molar-refractivity contribution in [2.45, 2.75) is 0 Å². The van der Waals surface area contributed by atoms with Crippen LogP contribution in [0.5, 0.6) is 0 Å². The molecule has 0 radical (unpaired) electrons. The second kappa shape index (κ2) is 9.40. The highest BCUT2D eigenvalue weighted by atomic mass is 15.2. The minimum absolute atomic E-state index is 0.576. The third-order valence-electron chi connectivity index (χ3n) is 9.49. The Morgan fingerprint density at radius 1 is 0.396 bits per heavy atom. The van der Waals surface area contributed by atoms with Crippen LogP contribution in [0.2, 0.25) is 0 Å². The Hall–Kier alpha value is -6.73. The fraction of sp³-hybridized carbons (Fsp3) is 0. The zero-order valence-corrected chi connectivity index (χ0v) is 25.4. The number of fused-ring (bicyclic) bond motifs is 11. The summed E-state index contributed by atoms with van der Waals surface area (Å²) in [5, 5.41) is 5.75. The summed E-state index contributed by atoms with van der Waals surface area (Å²) in [5.41, 5.74) is 9.75. The van der Waals surface area contributed by atoms with Gasteiger partial charge in [-0.1, -0.05) is 109 Å². The van der Waals surface area contributed by atoms with Crippen LogP contribution in [0.3, 0.4) is 0 Å². The van der Waals surface area contributed by atoms with Gasteiger partial charge in [-0.15, -0.1) is 0 Å². The van der Waals surface area contributed by atoms with E-state index in [0.29, 0.717) is 17.6 Å². The molecule has 0 aliphatic rings. The molecule has 0 atom stereocenters. The molecule has 0 saturated heterocycles. The van der Waals surface area contributed by atoms with Crippen molar-refractivity contribution in [1.29, 1.82) is 0 Å². The van der Waals surface area contributed by atoms with Gasteiger partial charge in [-0.2, -0.15) is 9.97 Å². The SMILES string of the molecule is c1ccc(-c2nc(-c3ccccc3)nc(-n3c4ccccc4c4c5c6cccc7c8nc9ccccc9nc8n(c5ccc43)c76)n2)cc1. The van der Waals surface area contributed by atoms with Gasteiger partial charge in [0.05, 0.1) is 33.1 Å². The summed E-state index contributed by atoms with van der Waals surface area (Å²) in [7, 11) is 0. The second-order valence-corrected chi connectivity index (χ2v) is 12.1. The van der Waals surface area contributed by atoms with Crippen LogP contribution in [0.15, 0.2) is 140 Å². The second-order valence-electron chi connectivity index (χ2n) is 12.1. The Bertz CT molecular complexity index is 2990. The standard InChI is InChI=1S/C41H23N7/c1-3-12-24(13-4-1)38-44-39(25-14-5-2-6-15-25)46-41(45-38)47-31-21-10-7-16-26(31)34-32(47)22-23-33-35(34)27-17-11-18-28-36-40(48(33)37(27)28)43-30-20-9-8-19-29(30)42-36/h1-23H. The van der Waals surface area contributed by atoms with Crippen molar-refractivity contribution in [3.63, 3.8) is 0 Å². The monoisotopic (exact) mass is 613 g/mol. The molecule has 11 aromatic rings. The molecule has 0 aliphatic heterocycles. The summed E-state index contributed by atoms with van der Waals surface area (Å²) < 4.78 is 4.48. The highest BCUT2D eigenvalue weighted by Crippen LogP contribution is 2.44. The van der Waals surface area contributed by atoms with E-state index in [1.807, 2.05) is 84.9 Å². The van der Waals surface area contributed by atoms with E-state index in [1.54, 1.807) is 0 Å². The van der Waals surface area contributed by atoms with Crippen molar-refractivity contribution in [2.75, 3.05) is 0 Å². The molecule has 0 fully saturated rings. The van der Waals surface area contributed by atoms with Crippen LogP contribution in [0.1, 0.15) is 0 Å². The molecule has 0 N–H and O–H groups in total. The molecule has 7 nitrogen and oxygen atoms in total. The zero-order valence-electron chi connectivity index (χ0n) is 25.4.